The van der Waals surface area contributed by atoms with Crippen LogP contribution >= 0.6 is 0 Å². The molecule has 0 amide bonds. The average Bonchev–Trinajstić information content (AvgIpc) is 2.60. The van der Waals surface area contributed by atoms with Crippen LogP contribution in [-0.2, 0) is 19.1 Å². The van der Waals surface area contributed by atoms with Gasteiger partial charge in [-0.2, -0.15) is 0 Å². The maximum atomic E-state index is 12.7. The highest BCUT2D eigenvalue weighted by Gasteiger charge is 2.48. The molecule has 0 spiro atoms. The summed E-state index contributed by atoms with van der Waals surface area (Å²) < 4.78 is 10.4. The molecule has 4 heteroatoms. The summed E-state index contributed by atoms with van der Waals surface area (Å²) in [6.07, 6.45) is 3.97. The number of carbonyl (C=O) groups excluding carboxylic acids is 2. The van der Waals surface area contributed by atoms with Gasteiger partial charge in [-0.25, -0.2) is 0 Å². The Hall–Kier alpha value is -2.62. The van der Waals surface area contributed by atoms with E-state index in [9.17, 15) is 9.59 Å². The van der Waals surface area contributed by atoms with Crippen LogP contribution < -0.4 is 0 Å². The Bertz CT molecular complexity index is 653. The van der Waals surface area contributed by atoms with Crippen LogP contribution in [0, 0.1) is 5.41 Å². The van der Waals surface area contributed by atoms with E-state index in [0.717, 1.165) is 5.56 Å². The van der Waals surface area contributed by atoms with Gasteiger partial charge in [0, 0.05) is 0 Å². The zero-order chi connectivity index (χ0) is 19.6. The van der Waals surface area contributed by atoms with Gasteiger partial charge in [0.1, 0.15) is 0 Å². The number of esters is 2. The Morgan fingerprint density at radius 3 is 2.00 bits per heavy atom. The van der Waals surface area contributed by atoms with Crippen LogP contribution in [0.5, 0.6) is 0 Å². The molecule has 1 aromatic carbocycles. The van der Waals surface area contributed by atoms with Crippen LogP contribution in [0.3, 0.4) is 0 Å². The second kappa shape index (κ2) is 10.4. The van der Waals surface area contributed by atoms with Crippen molar-refractivity contribution in [3.05, 3.63) is 66.3 Å². The molecule has 140 valence electrons. The van der Waals surface area contributed by atoms with E-state index in [1.165, 1.54) is 0 Å². The Labute approximate surface area is 156 Å². The molecular formula is C22H28O4. The van der Waals surface area contributed by atoms with Crippen molar-refractivity contribution in [1.29, 1.82) is 0 Å². The van der Waals surface area contributed by atoms with E-state index >= 15 is 0 Å². The number of hydrogen-bond acceptors (Lipinski definition) is 4. The van der Waals surface area contributed by atoms with E-state index in [1.54, 1.807) is 26.8 Å². The molecule has 0 bridgehead atoms. The lowest BCUT2D eigenvalue weighted by molar-refractivity contribution is -0.172. The molecule has 0 saturated carbocycles. The van der Waals surface area contributed by atoms with Gasteiger partial charge in [0.2, 0.25) is 0 Å². The van der Waals surface area contributed by atoms with E-state index < -0.39 is 17.4 Å². The van der Waals surface area contributed by atoms with Crippen LogP contribution in [0.25, 0.3) is 6.08 Å². The van der Waals surface area contributed by atoms with Crippen molar-refractivity contribution in [2.24, 2.45) is 5.41 Å². The Morgan fingerprint density at radius 1 is 1.00 bits per heavy atom. The minimum Gasteiger partial charge on any atom is -0.465 e. The van der Waals surface area contributed by atoms with Gasteiger partial charge in [-0.3, -0.25) is 9.59 Å². The molecule has 26 heavy (non-hydrogen) atoms. The highest BCUT2D eigenvalue weighted by molar-refractivity contribution is 6.00. The fraction of sp³-hybridized carbons (Fsp3) is 0.364. The molecule has 1 aromatic rings. The predicted molar refractivity (Wildman–Crippen MR) is 104 cm³/mol. The molecule has 0 unspecified atom stereocenters. The summed E-state index contributed by atoms with van der Waals surface area (Å²) in [4.78, 5) is 25.4. The summed E-state index contributed by atoms with van der Waals surface area (Å²) in [5.41, 5.74) is 0.879. The fourth-order valence-electron chi connectivity index (χ4n) is 2.71. The van der Waals surface area contributed by atoms with Crippen LogP contribution in [0.2, 0.25) is 0 Å². The van der Waals surface area contributed by atoms with Gasteiger partial charge in [-0.1, -0.05) is 60.2 Å². The molecule has 0 saturated heterocycles. The predicted octanol–water partition coefficient (Wildman–Crippen LogP) is 4.72. The lowest BCUT2D eigenvalue weighted by atomic mass is 9.76. The van der Waals surface area contributed by atoms with Gasteiger partial charge in [-0.15, -0.1) is 6.58 Å². The topological polar surface area (TPSA) is 52.6 Å². The summed E-state index contributed by atoms with van der Waals surface area (Å²) >= 11 is 0. The first-order valence-electron chi connectivity index (χ1n) is 8.75. The first kappa shape index (κ1) is 21.4. The van der Waals surface area contributed by atoms with Crippen molar-refractivity contribution in [1.82, 2.24) is 0 Å². The van der Waals surface area contributed by atoms with Crippen LogP contribution in [-0.4, -0.2) is 25.2 Å². The number of hydrogen-bond donors (Lipinski definition) is 0. The van der Waals surface area contributed by atoms with Crippen molar-refractivity contribution in [3.8, 4) is 0 Å². The van der Waals surface area contributed by atoms with E-state index in [2.05, 4.69) is 13.2 Å². The third-order valence-electron chi connectivity index (χ3n) is 3.78. The molecule has 4 nitrogen and oxygen atoms in total. The summed E-state index contributed by atoms with van der Waals surface area (Å²) in [5.74, 6) is -1.20. The Kier molecular flexibility index (Phi) is 8.56. The summed E-state index contributed by atoms with van der Waals surface area (Å²) in [5, 5.41) is 0. The van der Waals surface area contributed by atoms with E-state index in [0.29, 0.717) is 11.1 Å². The molecule has 1 rings (SSSR count). The normalized spacial score (nSPS) is 11.2. The van der Waals surface area contributed by atoms with E-state index in [4.69, 9.17) is 9.47 Å². The average molecular weight is 356 g/mol. The van der Waals surface area contributed by atoms with Crippen molar-refractivity contribution in [3.63, 3.8) is 0 Å². The molecule has 0 aliphatic rings. The molecule has 0 N–H and O–H groups in total. The Morgan fingerprint density at radius 2 is 1.54 bits per heavy atom. The lowest BCUT2D eigenvalue weighted by Gasteiger charge is -2.29. The molecule has 0 fully saturated rings. The maximum absolute atomic E-state index is 12.7. The second-order valence-corrected chi connectivity index (χ2v) is 6.24. The zero-order valence-electron chi connectivity index (χ0n) is 15.9. The zero-order valence-corrected chi connectivity index (χ0v) is 15.9. The number of benzene rings is 1. The van der Waals surface area contributed by atoms with Gasteiger partial charge in [0.25, 0.3) is 0 Å². The second-order valence-electron chi connectivity index (χ2n) is 6.24. The summed E-state index contributed by atoms with van der Waals surface area (Å²) in [6, 6.07) is 9.73. The molecule has 0 radical (unpaired) electrons. The quantitative estimate of drug-likeness (QED) is 0.263. The number of carbonyl (C=O) groups is 2. The van der Waals surface area contributed by atoms with Crippen LogP contribution in [0.1, 0.15) is 39.2 Å². The van der Waals surface area contributed by atoms with E-state index in [-0.39, 0.29) is 26.1 Å². The standard InChI is InChI=1S/C22H28O4/c1-6-25-20(23)22(15-17(3)4,21(24)26-7-2)16-18(5)13-14-19-11-9-8-10-12-19/h8-14H,3,5-7,15-16H2,1-2,4H3/b14-13+. The third-order valence-corrected chi connectivity index (χ3v) is 3.78. The van der Waals surface area contributed by atoms with Crippen LogP contribution in [0.15, 0.2) is 60.7 Å². The van der Waals surface area contributed by atoms with Gasteiger partial charge in [0.15, 0.2) is 5.41 Å². The van der Waals surface area contributed by atoms with Gasteiger partial charge >= 0.3 is 11.9 Å². The molecule has 0 aliphatic heterocycles. The van der Waals surface area contributed by atoms with Crippen molar-refractivity contribution in [2.45, 2.75) is 33.6 Å². The largest absolute Gasteiger partial charge is 0.465 e. The number of ether oxygens (including phenoxy) is 2. The monoisotopic (exact) mass is 356 g/mol. The highest BCUT2D eigenvalue weighted by Crippen LogP contribution is 2.36. The van der Waals surface area contributed by atoms with Crippen molar-refractivity contribution < 1.29 is 19.1 Å². The SMILES string of the molecule is C=C(C)CC(CC(=C)/C=C/c1ccccc1)(C(=O)OCC)C(=O)OCC. The minimum absolute atomic E-state index is 0.112. The van der Waals surface area contributed by atoms with E-state index in [1.807, 2.05) is 36.4 Å². The fourth-order valence-corrected chi connectivity index (χ4v) is 2.71. The molecule has 0 atom stereocenters. The number of rotatable bonds is 10. The first-order chi connectivity index (χ1) is 12.4. The van der Waals surface area contributed by atoms with Gasteiger partial charge < -0.3 is 9.47 Å². The number of allylic oxidation sites excluding steroid dienone is 3. The lowest BCUT2D eigenvalue weighted by Crippen LogP contribution is -2.42. The van der Waals surface area contributed by atoms with Crippen LogP contribution in [0.4, 0.5) is 0 Å². The van der Waals surface area contributed by atoms with Crippen molar-refractivity contribution >= 4 is 18.0 Å². The minimum atomic E-state index is -1.46. The highest BCUT2D eigenvalue weighted by atomic mass is 16.6. The molecular weight excluding hydrogens is 328 g/mol. The Balaban J connectivity index is 3.14. The van der Waals surface area contributed by atoms with Gasteiger partial charge in [0.05, 0.1) is 13.2 Å². The smallest absolute Gasteiger partial charge is 0.324 e. The summed E-state index contributed by atoms with van der Waals surface area (Å²) in [6.45, 7) is 13.4. The molecule has 0 heterocycles. The molecule has 0 aliphatic carbocycles. The summed E-state index contributed by atoms with van der Waals surface area (Å²) in [7, 11) is 0. The first-order valence-corrected chi connectivity index (χ1v) is 8.75. The third kappa shape index (κ3) is 6.03. The molecule has 0 aromatic heterocycles. The van der Waals surface area contributed by atoms with Gasteiger partial charge in [-0.05, 0) is 39.2 Å². The van der Waals surface area contributed by atoms with Crippen molar-refractivity contribution in [2.75, 3.05) is 13.2 Å². The maximum Gasteiger partial charge on any atom is 0.324 e.